The summed E-state index contributed by atoms with van der Waals surface area (Å²) in [6.07, 6.45) is 0. The van der Waals surface area contributed by atoms with Gasteiger partial charge in [0, 0.05) is 22.0 Å². The van der Waals surface area contributed by atoms with E-state index in [-0.39, 0.29) is 0 Å². The molecule has 0 unspecified atom stereocenters. The average Bonchev–Trinajstić information content (AvgIpc) is 2.65. The lowest BCUT2D eigenvalue weighted by Gasteiger charge is -2.04. The van der Waals surface area contributed by atoms with Gasteiger partial charge in [0.2, 0.25) is 0 Å². The molecule has 1 N–H and O–H groups in total. The molecule has 0 radical (unpaired) electrons. The molecule has 4 heteroatoms. The normalized spacial score (nSPS) is 10.8. The number of thiazole rings is 1. The summed E-state index contributed by atoms with van der Waals surface area (Å²) < 4.78 is 0. The first-order valence-electron chi connectivity index (χ1n) is 5.13. The third kappa shape index (κ3) is 2.74. The SMILES string of the molecule is CC(C)Nc1nc(-c2cccc(Cl)c2)cs1. The van der Waals surface area contributed by atoms with Crippen molar-refractivity contribution in [1.82, 2.24) is 4.98 Å². The minimum absolute atomic E-state index is 0.401. The highest BCUT2D eigenvalue weighted by Crippen LogP contribution is 2.26. The maximum atomic E-state index is 5.95. The Labute approximate surface area is 104 Å². The molecule has 0 aliphatic carbocycles. The Bertz CT molecular complexity index is 479. The van der Waals surface area contributed by atoms with Crippen LogP contribution in [0.15, 0.2) is 29.6 Å². The number of hydrogen-bond donors (Lipinski definition) is 1. The highest BCUT2D eigenvalue weighted by Gasteiger charge is 2.05. The number of benzene rings is 1. The third-order valence-corrected chi connectivity index (χ3v) is 3.05. The van der Waals surface area contributed by atoms with Gasteiger partial charge in [0.1, 0.15) is 0 Å². The fourth-order valence-corrected chi connectivity index (χ4v) is 2.42. The van der Waals surface area contributed by atoms with Crippen LogP contribution in [-0.4, -0.2) is 11.0 Å². The molecule has 0 atom stereocenters. The first-order valence-corrected chi connectivity index (χ1v) is 6.39. The number of aromatic nitrogens is 1. The summed E-state index contributed by atoms with van der Waals surface area (Å²) in [6.45, 7) is 4.20. The number of hydrogen-bond acceptors (Lipinski definition) is 3. The zero-order chi connectivity index (χ0) is 11.5. The molecule has 2 nitrogen and oxygen atoms in total. The molecule has 1 aromatic heterocycles. The molecule has 2 rings (SSSR count). The van der Waals surface area contributed by atoms with E-state index in [0.717, 1.165) is 21.4 Å². The van der Waals surface area contributed by atoms with E-state index >= 15 is 0 Å². The molecule has 0 saturated carbocycles. The summed E-state index contributed by atoms with van der Waals surface area (Å²) in [5, 5.41) is 7.01. The zero-order valence-corrected chi connectivity index (χ0v) is 10.8. The van der Waals surface area contributed by atoms with Gasteiger partial charge in [-0.15, -0.1) is 11.3 Å². The Balaban J connectivity index is 2.24. The predicted octanol–water partition coefficient (Wildman–Crippen LogP) is 4.28. The van der Waals surface area contributed by atoms with Gasteiger partial charge in [-0.25, -0.2) is 4.98 Å². The van der Waals surface area contributed by atoms with Crippen molar-refractivity contribution in [3.63, 3.8) is 0 Å². The number of halogens is 1. The van der Waals surface area contributed by atoms with E-state index in [0.29, 0.717) is 6.04 Å². The van der Waals surface area contributed by atoms with E-state index in [9.17, 15) is 0 Å². The first kappa shape index (κ1) is 11.4. The Morgan fingerprint density at radius 3 is 2.88 bits per heavy atom. The van der Waals surface area contributed by atoms with E-state index in [4.69, 9.17) is 11.6 Å². The molecule has 1 aromatic carbocycles. The Morgan fingerprint density at radius 1 is 1.38 bits per heavy atom. The highest BCUT2D eigenvalue weighted by molar-refractivity contribution is 7.14. The van der Waals surface area contributed by atoms with Gasteiger partial charge in [-0.05, 0) is 26.0 Å². The second-order valence-electron chi connectivity index (χ2n) is 3.85. The zero-order valence-electron chi connectivity index (χ0n) is 9.20. The van der Waals surface area contributed by atoms with Crippen LogP contribution >= 0.6 is 22.9 Å². The number of rotatable bonds is 3. The van der Waals surface area contributed by atoms with E-state index in [1.54, 1.807) is 11.3 Å². The smallest absolute Gasteiger partial charge is 0.183 e. The predicted molar refractivity (Wildman–Crippen MR) is 71.3 cm³/mol. The summed E-state index contributed by atoms with van der Waals surface area (Å²) in [5.74, 6) is 0. The molecule has 0 amide bonds. The van der Waals surface area contributed by atoms with Crippen molar-refractivity contribution in [2.75, 3.05) is 5.32 Å². The molecule has 0 aliphatic rings. The Morgan fingerprint density at radius 2 is 2.19 bits per heavy atom. The monoisotopic (exact) mass is 252 g/mol. The molecule has 0 bridgehead atoms. The molecular formula is C12H13ClN2S. The molecule has 84 valence electrons. The quantitative estimate of drug-likeness (QED) is 0.882. The van der Waals surface area contributed by atoms with Crippen LogP contribution in [0.5, 0.6) is 0 Å². The van der Waals surface area contributed by atoms with Crippen LogP contribution in [0.25, 0.3) is 11.3 Å². The van der Waals surface area contributed by atoms with Gasteiger partial charge in [-0.3, -0.25) is 0 Å². The average molecular weight is 253 g/mol. The van der Waals surface area contributed by atoms with Crippen LogP contribution in [-0.2, 0) is 0 Å². The molecule has 0 saturated heterocycles. The van der Waals surface area contributed by atoms with Crippen LogP contribution in [0.3, 0.4) is 0 Å². The van der Waals surface area contributed by atoms with E-state index < -0.39 is 0 Å². The van der Waals surface area contributed by atoms with Crippen molar-refractivity contribution in [3.8, 4) is 11.3 Å². The number of anilines is 1. The van der Waals surface area contributed by atoms with Gasteiger partial charge in [0.05, 0.1) is 5.69 Å². The van der Waals surface area contributed by atoms with Crippen LogP contribution < -0.4 is 5.32 Å². The minimum atomic E-state index is 0.401. The van der Waals surface area contributed by atoms with Gasteiger partial charge in [0.25, 0.3) is 0 Å². The lowest BCUT2D eigenvalue weighted by atomic mass is 10.2. The second-order valence-corrected chi connectivity index (χ2v) is 5.14. The molecule has 0 spiro atoms. The lowest BCUT2D eigenvalue weighted by molar-refractivity contribution is 0.897. The van der Waals surface area contributed by atoms with Crippen molar-refractivity contribution in [3.05, 3.63) is 34.7 Å². The lowest BCUT2D eigenvalue weighted by Crippen LogP contribution is -2.08. The Hall–Kier alpha value is -1.06. The maximum Gasteiger partial charge on any atom is 0.183 e. The molecule has 1 heterocycles. The van der Waals surface area contributed by atoms with Crippen molar-refractivity contribution in [2.24, 2.45) is 0 Å². The van der Waals surface area contributed by atoms with Crippen molar-refractivity contribution >= 4 is 28.1 Å². The summed E-state index contributed by atoms with van der Waals surface area (Å²) in [7, 11) is 0. The summed E-state index contributed by atoms with van der Waals surface area (Å²) in [6, 6.07) is 8.14. The molecule has 0 fully saturated rings. The highest BCUT2D eigenvalue weighted by atomic mass is 35.5. The van der Waals surface area contributed by atoms with Gasteiger partial charge in [0.15, 0.2) is 5.13 Å². The molecule has 16 heavy (non-hydrogen) atoms. The van der Waals surface area contributed by atoms with E-state index in [2.05, 4.69) is 24.1 Å². The van der Waals surface area contributed by atoms with Crippen LogP contribution in [0.4, 0.5) is 5.13 Å². The van der Waals surface area contributed by atoms with Gasteiger partial charge >= 0.3 is 0 Å². The molecule has 0 aliphatic heterocycles. The third-order valence-electron chi connectivity index (χ3n) is 2.04. The van der Waals surface area contributed by atoms with Crippen molar-refractivity contribution in [2.45, 2.75) is 19.9 Å². The number of nitrogens with one attached hydrogen (secondary N) is 1. The first-order chi connectivity index (χ1) is 7.65. The van der Waals surface area contributed by atoms with E-state index in [1.165, 1.54) is 0 Å². The van der Waals surface area contributed by atoms with Gasteiger partial charge in [-0.2, -0.15) is 0 Å². The summed E-state index contributed by atoms with van der Waals surface area (Å²) in [5.41, 5.74) is 2.02. The number of nitrogens with zero attached hydrogens (tertiary/aromatic N) is 1. The van der Waals surface area contributed by atoms with Crippen molar-refractivity contribution < 1.29 is 0 Å². The van der Waals surface area contributed by atoms with Crippen LogP contribution in [0, 0.1) is 0 Å². The second kappa shape index (κ2) is 4.85. The fourth-order valence-electron chi connectivity index (χ4n) is 1.37. The molecule has 2 aromatic rings. The largest absolute Gasteiger partial charge is 0.359 e. The van der Waals surface area contributed by atoms with Crippen LogP contribution in [0.1, 0.15) is 13.8 Å². The fraction of sp³-hybridized carbons (Fsp3) is 0.250. The minimum Gasteiger partial charge on any atom is -0.359 e. The maximum absolute atomic E-state index is 5.95. The Kier molecular flexibility index (Phi) is 3.46. The standard InChI is InChI=1S/C12H13ClN2S/c1-8(2)14-12-15-11(7-16-12)9-4-3-5-10(13)6-9/h3-8H,1-2H3,(H,14,15). The van der Waals surface area contributed by atoms with Crippen LogP contribution in [0.2, 0.25) is 5.02 Å². The van der Waals surface area contributed by atoms with Gasteiger partial charge in [-0.1, -0.05) is 23.7 Å². The molecular weight excluding hydrogens is 240 g/mol. The summed E-state index contributed by atoms with van der Waals surface area (Å²) in [4.78, 5) is 4.51. The summed E-state index contributed by atoms with van der Waals surface area (Å²) >= 11 is 7.56. The van der Waals surface area contributed by atoms with Gasteiger partial charge < -0.3 is 5.32 Å². The van der Waals surface area contributed by atoms with Crippen molar-refractivity contribution in [1.29, 1.82) is 0 Å². The van der Waals surface area contributed by atoms with E-state index in [1.807, 2.05) is 29.6 Å². The topological polar surface area (TPSA) is 24.9 Å².